The molecule has 0 fully saturated rings. The van der Waals surface area contributed by atoms with E-state index >= 15 is 0 Å². The summed E-state index contributed by atoms with van der Waals surface area (Å²) in [7, 11) is 0. The second-order valence-corrected chi connectivity index (χ2v) is 8.23. The van der Waals surface area contributed by atoms with E-state index < -0.39 is 0 Å². The molecular weight excluding hydrogens is 410 g/mol. The highest BCUT2D eigenvalue weighted by Crippen LogP contribution is 2.31. The molecule has 0 unspecified atom stereocenters. The Bertz CT molecular complexity index is 920. The first-order valence-electron chi connectivity index (χ1n) is 9.38. The first-order valence-corrected chi connectivity index (χ1v) is 10.6. The first-order chi connectivity index (χ1) is 13.9. The number of ether oxygens (including phenoxy) is 1. The number of fused-ring (bicyclic) bond motifs is 1. The zero-order valence-corrected chi connectivity index (χ0v) is 18.0. The average molecular weight is 434 g/mol. The van der Waals surface area contributed by atoms with Crippen molar-refractivity contribution >= 4 is 41.2 Å². The van der Waals surface area contributed by atoms with Crippen LogP contribution in [0.5, 0.6) is 0 Å². The summed E-state index contributed by atoms with van der Waals surface area (Å²) >= 11 is 7.29. The lowest BCUT2D eigenvalue weighted by Gasteiger charge is -2.30. The predicted molar refractivity (Wildman–Crippen MR) is 116 cm³/mol. The molecule has 1 aliphatic heterocycles. The molecule has 0 spiro atoms. The third-order valence-electron chi connectivity index (χ3n) is 4.61. The van der Waals surface area contributed by atoms with Gasteiger partial charge in [-0.25, -0.2) is 4.79 Å². The molecular formula is C21H24ClN3O3S. The summed E-state index contributed by atoms with van der Waals surface area (Å²) in [6.07, 6.45) is 0.361. The van der Waals surface area contributed by atoms with E-state index in [4.69, 9.17) is 21.5 Å². The fourth-order valence-corrected chi connectivity index (χ4v) is 4.06. The Hall–Kier alpha value is -2.22. The number of nitrogens with two attached hydrogens (primary N) is 1. The summed E-state index contributed by atoms with van der Waals surface area (Å²) in [5, 5.41) is 9.34. The number of hydrogen-bond acceptors (Lipinski definition) is 5. The maximum atomic E-state index is 12.5. The molecule has 154 valence electrons. The monoisotopic (exact) mass is 433 g/mol. The molecule has 0 radical (unpaired) electrons. The Balaban J connectivity index is 1.76. The zero-order valence-electron chi connectivity index (χ0n) is 16.4. The van der Waals surface area contributed by atoms with E-state index in [2.05, 4.69) is 5.32 Å². The number of nitrogens with zero attached hydrogens (tertiary/aromatic N) is 1. The molecule has 1 heterocycles. The second-order valence-electron chi connectivity index (χ2n) is 7.15. The van der Waals surface area contributed by atoms with Crippen molar-refractivity contribution in [2.24, 2.45) is 5.14 Å². The van der Waals surface area contributed by atoms with Gasteiger partial charge in [0.1, 0.15) is 0 Å². The lowest BCUT2D eigenvalue weighted by atomic mass is 9.99. The van der Waals surface area contributed by atoms with Gasteiger partial charge in [0.05, 0.1) is 12.5 Å². The number of halogens is 1. The fourth-order valence-electron chi connectivity index (χ4n) is 3.29. The molecule has 3 N–H and O–H groups in total. The molecule has 2 amide bonds. The van der Waals surface area contributed by atoms with Crippen LogP contribution in [0.1, 0.15) is 30.5 Å². The van der Waals surface area contributed by atoms with Gasteiger partial charge in [-0.3, -0.25) is 9.93 Å². The topological polar surface area (TPSA) is 84.7 Å². The van der Waals surface area contributed by atoms with Gasteiger partial charge in [0.2, 0.25) is 5.91 Å². The van der Waals surface area contributed by atoms with Crippen LogP contribution in [0, 0.1) is 0 Å². The highest BCUT2D eigenvalue weighted by atomic mass is 35.5. The molecule has 0 aromatic heterocycles. The van der Waals surface area contributed by atoms with Crippen LogP contribution in [0.3, 0.4) is 0 Å². The number of carbonyl (C=O) groups is 2. The van der Waals surface area contributed by atoms with Gasteiger partial charge in [0, 0.05) is 28.7 Å². The SMILES string of the molecule is CC(C)OC(=O)N1CCc2c(cc(NC(=O)Cc3ccccc3Cl)cc2SN)C1. The van der Waals surface area contributed by atoms with E-state index in [-0.39, 0.29) is 24.5 Å². The molecule has 0 atom stereocenters. The summed E-state index contributed by atoms with van der Waals surface area (Å²) in [6.45, 7) is 4.64. The van der Waals surface area contributed by atoms with Crippen molar-refractivity contribution in [1.82, 2.24) is 4.90 Å². The van der Waals surface area contributed by atoms with Gasteiger partial charge in [-0.05, 0) is 67.1 Å². The minimum Gasteiger partial charge on any atom is -0.447 e. The Morgan fingerprint density at radius 3 is 2.76 bits per heavy atom. The summed E-state index contributed by atoms with van der Waals surface area (Å²) < 4.78 is 5.31. The van der Waals surface area contributed by atoms with E-state index in [0.717, 1.165) is 33.5 Å². The van der Waals surface area contributed by atoms with Crippen molar-refractivity contribution in [3.05, 3.63) is 58.1 Å². The molecule has 0 aliphatic carbocycles. The maximum absolute atomic E-state index is 12.5. The summed E-state index contributed by atoms with van der Waals surface area (Å²) in [5.74, 6) is -0.169. The maximum Gasteiger partial charge on any atom is 0.410 e. The van der Waals surface area contributed by atoms with Crippen molar-refractivity contribution in [3.63, 3.8) is 0 Å². The number of hydrogen-bond donors (Lipinski definition) is 2. The number of benzene rings is 2. The average Bonchev–Trinajstić information content (AvgIpc) is 2.68. The van der Waals surface area contributed by atoms with Crippen LogP contribution < -0.4 is 10.5 Å². The molecule has 29 heavy (non-hydrogen) atoms. The lowest BCUT2D eigenvalue weighted by Crippen LogP contribution is -2.37. The van der Waals surface area contributed by atoms with E-state index in [1.807, 2.05) is 44.2 Å². The van der Waals surface area contributed by atoms with Crippen LogP contribution in [-0.2, 0) is 28.9 Å². The van der Waals surface area contributed by atoms with Crippen molar-refractivity contribution in [1.29, 1.82) is 0 Å². The first kappa shape index (κ1) is 21.5. The smallest absolute Gasteiger partial charge is 0.410 e. The van der Waals surface area contributed by atoms with Gasteiger partial charge >= 0.3 is 6.09 Å². The van der Waals surface area contributed by atoms with Gasteiger partial charge in [-0.1, -0.05) is 29.8 Å². The number of nitrogens with one attached hydrogen (secondary N) is 1. The largest absolute Gasteiger partial charge is 0.447 e. The minimum atomic E-state index is -0.333. The van der Waals surface area contributed by atoms with Crippen LogP contribution in [0.2, 0.25) is 5.02 Å². The Labute approximate surface area is 179 Å². The van der Waals surface area contributed by atoms with Crippen LogP contribution in [0.15, 0.2) is 41.3 Å². The zero-order chi connectivity index (χ0) is 21.0. The van der Waals surface area contributed by atoms with Crippen LogP contribution in [0.4, 0.5) is 10.5 Å². The van der Waals surface area contributed by atoms with Crippen molar-refractivity contribution in [2.75, 3.05) is 11.9 Å². The van der Waals surface area contributed by atoms with Crippen molar-refractivity contribution < 1.29 is 14.3 Å². The summed E-state index contributed by atoms with van der Waals surface area (Å²) in [4.78, 5) is 27.3. The molecule has 3 rings (SSSR count). The molecule has 2 aromatic rings. The fraction of sp³-hybridized carbons (Fsp3) is 0.333. The quantitative estimate of drug-likeness (QED) is 0.683. The molecule has 1 aliphatic rings. The van der Waals surface area contributed by atoms with Gasteiger partial charge in [0.25, 0.3) is 0 Å². The molecule has 0 bridgehead atoms. The van der Waals surface area contributed by atoms with Crippen LogP contribution >= 0.6 is 23.5 Å². The van der Waals surface area contributed by atoms with Gasteiger partial charge in [0.15, 0.2) is 0 Å². The van der Waals surface area contributed by atoms with E-state index in [1.54, 1.807) is 11.0 Å². The third kappa shape index (κ3) is 5.44. The molecule has 8 heteroatoms. The Kier molecular flexibility index (Phi) is 7.05. The Morgan fingerprint density at radius 2 is 2.07 bits per heavy atom. The number of anilines is 1. The standard InChI is InChI=1S/C21H24ClN3O3S/c1-13(2)28-21(27)25-8-7-17-15(12-25)9-16(11-19(17)29-23)24-20(26)10-14-5-3-4-6-18(14)22/h3-6,9,11,13H,7-8,10,12,23H2,1-2H3,(H,24,26). The van der Waals surface area contributed by atoms with Gasteiger partial charge in [-0.2, -0.15) is 0 Å². The highest BCUT2D eigenvalue weighted by molar-refractivity contribution is 7.97. The van der Waals surface area contributed by atoms with E-state index in [9.17, 15) is 9.59 Å². The molecule has 6 nitrogen and oxygen atoms in total. The predicted octanol–water partition coefficient (Wildman–Crippen LogP) is 4.39. The minimum absolute atomic E-state index is 0.169. The van der Waals surface area contributed by atoms with Crippen LogP contribution in [0.25, 0.3) is 0 Å². The van der Waals surface area contributed by atoms with E-state index in [0.29, 0.717) is 30.2 Å². The molecule has 0 saturated heterocycles. The van der Waals surface area contributed by atoms with Crippen LogP contribution in [-0.4, -0.2) is 29.5 Å². The second kappa shape index (κ2) is 9.52. The molecule has 2 aromatic carbocycles. The van der Waals surface area contributed by atoms with Crippen molar-refractivity contribution in [3.8, 4) is 0 Å². The number of carbonyl (C=O) groups excluding carboxylic acids is 2. The lowest BCUT2D eigenvalue weighted by molar-refractivity contribution is -0.115. The third-order valence-corrected chi connectivity index (χ3v) is 5.60. The van der Waals surface area contributed by atoms with Gasteiger partial charge < -0.3 is 15.0 Å². The highest BCUT2D eigenvalue weighted by Gasteiger charge is 2.25. The Morgan fingerprint density at radius 1 is 1.31 bits per heavy atom. The number of amides is 2. The van der Waals surface area contributed by atoms with E-state index in [1.165, 1.54) is 0 Å². The number of rotatable bonds is 5. The van der Waals surface area contributed by atoms with Gasteiger partial charge in [-0.15, -0.1) is 0 Å². The summed E-state index contributed by atoms with van der Waals surface area (Å²) in [5.41, 5.74) is 3.48. The molecule has 0 saturated carbocycles. The normalized spacial score (nSPS) is 13.2. The summed E-state index contributed by atoms with van der Waals surface area (Å²) in [6, 6.07) is 11.0. The van der Waals surface area contributed by atoms with Crippen molar-refractivity contribution in [2.45, 2.75) is 44.2 Å².